The van der Waals surface area contributed by atoms with Crippen LogP contribution in [0.1, 0.15) is 24.2 Å². The molecular formula is C18H19NO4. The van der Waals surface area contributed by atoms with Gasteiger partial charge in [0, 0.05) is 11.3 Å². The van der Waals surface area contributed by atoms with Crippen molar-refractivity contribution in [2.75, 3.05) is 18.5 Å². The third kappa shape index (κ3) is 5.14. The first-order valence-electron chi connectivity index (χ1n) is 7.35. The van der Waals surface area contributed by atoms with Crippen molar-refractivity contribution in [3.05, 3.63) is 54.1 Å². The average Bonchev–Trinajstić information content (AvgIpc) is 2.55. The van der Waals surface area contributed by atoms with E-state index < -0.39 is 0 Å². The van der Waals surface area contributed by atoms with Crippen molar-refractivity contribution < 1.29 is 19.1 Å². The van der Waals surface area contributed by atoms with E-state index in [0.29, 0.717) is 23.6 Å². The summed E-state index contributed by atoms with van der Waals surface area (Å²) < 4.78 is 10.7. The predicted octanol–water partition coefficient (Wildman–Crippen LogP) is 3.31. The van der Waals surface area contributed by atoms with Gasteiger partial charge in [-0.15, -0.1) is 0 Å². The van der Waals surface area contributed by atoms with Crippen LogP contribution in [-0.2, 0) is 4.79 Å². The van der Waals surface area contributed by atoms with Crippen molar-refractivity contribution in [3.63, 3.8) is 0 Å². The Labute approximate surface area is 135 Å². The van der Waals surface area contributed by atoms with E-state index in [4.69, 9.17) is 9.47 Å². The van der Waals surface area contributed by atoms with Gasteiger partial charge in [-0.3, -0.25) is 9.59 Å². The van der Waals surface area contributed by atoms with Crippen LogP contribution in [0.5, 0.6) is 11.5 Å². The Hall–Kier alpha value is -2.82. The Morgan fingerprint density at radius 1 is 0.913 bits per heavy atom. The number of carbonyl (C=O) groups is 2. The largest absolute Gasteiger partial charge is 0.494 e. The first kappa shape index (κ1) is 16.5. The standard InChI is InChI=1S/C18H19NO4/c1-3-22-16-10-6-15(7-11-16)19-18(21)12-23-17-8-4-14(5-9-17)13(2)20/h4-11H,3,12H2,1-2H3,(H,19,21). The number of hydrogen-bond acceptors (Lipinski definition) is 4. The number of rotatable bonds is 7. The van der Waals surface area contributed by atoms with Gasteiger partial charge in [-0.2, -0.15) is 0 Å². The molecule has 0 spiro atoms. The predicted molar refractivity (Wildman–Crippen MR) is 88.2 cm³/mol. The van der Waals surface area contributed by atoms with E-state index >= 15 is 0 Å². The highest BCUT2D eigenvalue weighted by atomic mass is 16.5. The highest BCUT2D eigenvalue weighted by Crippen LogP contribution is 2.16. The lowest BCUT2D eigenvalue weighted by Crippen LogP contribution is -2.20. The van der Waals surface area contributed by atoms with Crippen molar-refractivity contribution in [2.45, 2.75) is 13.8 Å². The zero-order valence-corrected chi connectivity index (χ0v) is 13.2. The first-order chi connectivity index (χ1) is 11.1. The van der Waals surface area contributed by atoms with Crippen molar-refractivity contribution >= 4 is 17.4 Å². The SMILES string of the molecule is CCOc1ccc(NC(=O)COc2ccc(C(C)=O)cc2)cc1. The molecule has 2 aromatic rings. The number of ketones is 1. The molecule has 0 aliphatic heterocycles. The highest BCUT2D eigenvalue weighted by Gasteiger charge is 2.05. The lowest BCUT2D eigenvalue weighted by atomic mass is 10.1. The molecule has 0 atom stereocenters. The molecule has 0 heterocycles. The number of hydrogen-bond donors (Lipinski definition) is 1. The summed E-state index contributed by atoms with van der Waals surface area (Å²) in [5, 5.41) is 2.74. The molecule has 0 bridgehead atoms. The molecule has 1 amide bonds. The summed E-state index contributed by atoms with van der Waals surface area (Å²) >= 11 is 0. The molecule has 2 aromatic carbocycles. The van der Waals surface area contributed by atoms with E-state index in [1.54, 1.807) is 48.5 Å². The number of Topliss-reactive ketones (excluding diaryl/α,β-unsaturated/α-hetero) is 1. The van der Waals surface area contributed by atoms with Crippen LogP contribution >= 0.6 is 0 Å². The van der Waals surface area contributed by atoms with E-state index in [-0.39, 0.29) is 18.3 Å². The second-order valence-electron chi connectivity index (χ2n) is 4.87. The van der Waals surface area contributed by atoms with Crippen LogP contribution in [-0.4, -0.2) is 24.9 Å². The maximum Gasteiger partial charge on any atom is 0.262 e. The lowest BCUT2D eigenvalue weighted by molar-refractivity contribution is -0.118. The molecule has 0 saturated carbocycles. The molecule has 5 heteroatoms. The molecule has 0 fully saturated rings. The van der Waals surface area contributed by atoms with Crippen LogP contribution in [0.15, 0.2) is 48.5 Å². The van der Waals surface area contributed by atoms with Gasteiger partial charge in [0.2, 0.25) is 0 Å². The number of benzene rings is 2. The summed E-state index contributed by atoms with van der Waals surface area (Å²) in [7, 11) is 0. The minimum atomic E-state index is -0.259. The molecule has 0 aliphatic carbocycles. The quantitative estimate of drug-likeness (QED) is 0.797. The number of nitrogens with one attached hydrogen (secondary N) is 1. The molecular weight excluding hydrogens is 294 g/mol. The Kier molecular flexibility index (Phi) is 5.74. The zero-order valence-electron chi connectivity index (χ0n) is 13.2. The topological polar surface area (TPSA) is 64.6 Å². The van der Waals surface area contributed by atoms with Gasteiger partial charge in [-0.25, -0.2) is 0 Å². The Balaban J connectivity index is 1.83. The first-order valence-corrected chi connectivity index (χ1v) is 7.35. The van der Waals surface area contributed by atoms with Gasteiger partial charge >= 0.3 is 0 Å². The lowest BCUT2D eigenvalue weighted by Gasteiger charge is -2.09. The van der Waals surface area contributed by atoms with Crippen LogP contribution in [0.4, 0.5) is 5.69 Å². The van der Waals surface area contributed by atoms with Crippen LogP contribution in [0.3, 0.4) is 0 Å². The molecule has 5 nitrogen and oxygen atoms in total. The highest BCUT2D eigenvalue weighted by molar-refractivity contribution is 5.94. The molecule has 2 rings (SSSR count). The van der Waals surface area contributed by atoms with Gasteiger partial charge in [0.05, 0.1) is 6.61 Å². The summed E-state index contributed by atoms with van der Waals surface area (Å²) in [6, 6.07) is 13.8. The monoisotopic (exact) mass is 313 g/mol. The Bertz CT molecular complexity index is 662. The number of ether oxygens (including phenoxy) is 2. The van der Waals surface area contributed by atoms with Gasteiger partial charge in [-0.05, 0) is 62.4 Å². The molecule has 0 radical (unpaired) electrons. The minimum absolute atomic E-state index is 0.00945. The number of anilines is 1. The van der Waals surface area contributed by atoms with Crippen LogP contribution in [0.25, 0.3) is 0 Å². The molecule has 0 aliphatic rings. The van der Waals surface area contributed by atoms with Crippen molar-refractivity contribution in [1.29, 1.82) is 0 Å². The second-order valence-corrected chi connectivity index (χ2v) is 4.87. The van der Waals surface area contributed by atoms with Crippen molar-refractivity contribution in [1.82, 2.24) is 0 Å². The summed E-state index contributed by atoms with van der Waals surface area (Å²) in [5.41, 5.74) is 1.28. The maximum atomic E-state index is 11.9. The Morgan fingerprint density at radius 3 is 2.04 bits per heavy atom. The van der Waals surface area contributed by atoms with Gasteiger partial charge in [0.1, 0.15) is 11.5 Å². The molecule has 120 valence electrons. The van der Waals surface area contributed by atoms with E-state index in [9.17, 15) is 9.59 Å². The fourth-order valence-electron chi connectivity index (χ4n) is 1.93. The summed E-state index contributed by atoms with van der Waals surface area (Å²) in [5.74, 6) is 1.03. The molecule has 1 N–H and O–H groups in total. The summed E-state index contributed by atoms with van der Waals surface area (Å²) in [6.07, 6.45) is 0. The number of carbonyl (C=O) groups excluding carboxylic acids is 2. The van der Waals surface area contributed by atoms with E-state index in [2.05, 4.69) is 5.32 Å². The third-order valence-corrected chi connectivity index (χ3v) is 3.08. The zero-order chi connectivity index (χ0) is 16.7. The van der Waals surface area contributed by atoms with E-state index in [1.807, 2.05) is 6.92 Å². The van der Waals surface area contributed by atoms with Gasteiger partial charge in [0.25, 0.3) is 5.91 Å². The Morgan fingerprint density at radius 2 is 1.48 bits per heavy atom. The van der Waals surface area contributed by atoms with Crippen molar-refractivity contribution in [3.8, 4) is 11.5 Å². The van der Waals surface area contributed by atoms with Crippen LogP contribution in [0, 0.1) is 0 Å². The molecule has 0 aromatic heterocycles. The summed E-state index contributed by atoms with van der Waals surface area (Å²) in [6.45, 7) is 3.91. The van der Waals surface area contributed by atoms with Crippen molar-refractivity contribution in [2.24, 2.45) is 0 Å². The fourth-order valence-corrected chi connectivity index (χ4v) is 1.93. The normalized spacial score (nSPS) is 10.0. The van der Waals surface area contributed by atoms with E-state index in [0.717, 1.165) is 5.75 Å². The van der Waals surface area contributed by atoms with Gasteiger partial charge in [-0.1, -0.05) is 0 Å². The third-order valence-electron chi connectivity index (χ3n) is 3.08. The fraction of sp³-hybridized carbons (Fsp3) is 0.222. The van der Waals surface area contributed by atoms with Crippen LogP contribution < -0.4 is 14.8 Å². The summed E-state index contributed by atoms with van der Waals surface area (Å²) in [4.78, 5) is 23.0. The van der Waals surface area contributed by atoms with Crippen LogP contribution in [0.2, 0.25) is 0 Å². The minimum Gasteiger partial charge on any atom is -0.494 e. The number of amides is 1. The van der Waals surface area contributed by atoms with Gasteiger partial charge < -0.3 is 14.8 Å². The second kappa shape index (κ2) is 7.98. The van der Waals surface area contributed by atoms with E-state index in [1.165, 1.54) is 6.92 Å². The molecule has 23 heavy (non-hydrogen) atoms. The average molecular weight is 313 g/mol. The molecule has 0 unspecified atom stereocenters. The van der Waals surface area contributed by atoms with Gasteiger partial charge in [0.15, 0.2) is 12.4 Å². The smallest absolute Gasteiger partial charge is 0.262 e. The maximum absolute atomic E-state index is 11.9. The molecule has 0 saturated heterocycles.